The molecule has 0 aromatic heterocycles. The first kappa shape index (κ1) is 19.8. The molecule has 4 nitrogen and oxygen atoms in total. The van der Waals surface area contributed by atoms with Gasteiger partial charge in [0.25, 0.3) is 0 Å². The molecule has 0 saturated carbocycles. The van der Waals surface area contributed by atoms with Gasteiger partial charge < -0.3 is 0 Å². The Balaban J connectivity index is 4.74. The van der Waals surface area contributed by atoms with Crippen LogP contribution in [0.1, 0.15) is 53.9 Å². The Labute approximate surface area is 124 Å². The van der Waals surface area contributed by atoms with E-state index in [2.05, 4.69) is 20.8 Å². The molecule has 0 saturated heterocycles. The van der Waals surface area contributed by atoms with Gasteiger partial charge in [0.1, 0.15) is 0 Å². The van der Waals surface area contributed by atoms with Gasteiger partial charge >= 0.3 is 125 Å². The molecule has 0 unspecified atom stereocenters. The molecule has 2 N–H and O–H groups in total. The van der Waals surface area contributed by atoms with Crippen molar-refractivity contribution in [1.29, 1.82) is 0 Å². The Kier molecular flexibility index (Phi) is 10.1. The second-order valence-corrected chi connectivity index (χ2v) is 13.0. The molecule has 0 bridgehead atoms. The number of rotatable bonds is 11. The zero-order valence-electron chi connectivity index (χ0n) is 13.2. The fourth-order valence-electron chi connectivity index (χ4n) is 2.48. The minimum absolute atomic E-state index is 0.285. The molecule has 0 aliphatic rings. The normalized spacial score (nSPS) is 13.3. The molecular formula is C13H32O4SiTi. The van der Waals surface area contributed by atoms with Crippen molar-refractivity contribution in [3.8, 4) is 0 Å². The van der Waals surface area contributed by atoms with Gasteiger partial charge in [-0.05, 0) is 0 Å². The molecule has 19 heavy (non-hydrogen) atoms. The molecule has 0 aliphatic heterocycles. The van der Waals surface area contributed by atoms with Gasteiger partial charge in [-0.25, -0.2) is 0 Å². The van der Waals surface area contributed by atoms with Crippen LogP contribution in [-0.4, -0.2) is 22.3 Å². The van der Waals surface area contributed by atoms with E-state index in [-0.39, 0.29) is 5.92 Å². The molecule has 0 aromatic rings. The van der Waals surface area contributed by atoms with Crippen molar-refractivity contribution in [3.05, 3.63) is 0 Å². The van der Waals surface area contributed by atoms with Crippen LogP contribution in [0.4, 0.5) is 0 Å². The van der Waals surface area contributed by atoms with E-state index in [1.807, 2.05) is 13.8 Å². The number of hydrogen-bond acceptors (Lipinski definition) is 4. The van der Waals surface area contributed by atoms with Crippen LogP contribution < -0.4 is 0 Å². The predicted molar refractivity (Wildman–Crippen MR) is 77.4 cm³/mol. The average Bonchev–Trinajstić information content (AvgIpc) is 2.27. The first-order valence-corrected chi connectivity index (χ1v) is 12.8. The molecule has 0 rings (SSSR count). The minimum atomic E-state index is -4.49. The van der Waals surface area contributed by atoms with Crippen molar-refractivity contribution in [3.63, 3.8) is 0 Å². The Bertz CT molecular complexity index is 220. The predicted octanol–water partition coefficient (Wildman–Crippen LogP) is 3.65. The van der Waals surface area contributed by atoms with Gasteiger partial charge in [0, 0.05) is 0 Å². The van der Waals surface area contributed by atoms with E-state index in [1.54, 1.807) is 0 Å². The molecule has 0 atom stereocenters. The first-order valence-electron chi connectivity index (χ1n) is 7.59. The summed E-state index contributed by atoms with van der Waals surface area (Å²) in [5.74, 6) is 0.285. The SMILES string of the molecule is CCC[Si](CCC)(CCC)[O][Ti]([OH])([OH])[O]CC(C)C. The Morgan fingerprint density at radius 1 is 0.947 bits per heavy atom. The van der Waals surface area contributed by atoms with Gasteiger partial charge in [-0.1, -0.05) is 0 Å². The van der Waals surface area contributed by atoms with Crippen molar-refractivity contribution in [2.45, 2.75) is 72.0 Å². The molecule has 0 fully saturated rings. The molecular weight excluding hydrogens is 296 g/mol. The summed E-state index contributed by atoms with van der Waals surface area (Å²) in [6, 6.07) is 2.98. The molecule has 0 amide bonds. The summed E-state index contributed by atoms with van der Waals surface area (Å²) in [4.78, 5) is 0. The summed E-state index contributed by atoms with van der Waals surface area (Å²) in [7, 11) is -2.04. The monoisotopic (exact) mass is 328 g/mol. The average molecular weight is 328 g/mol. The van der Waals surface area contributed by atoms with Crippen LogP contribution in [0.5, 0.6) is 0 Å². The van der Waals surface area contributed by atoms with Crippen molar-refractivity contribution in [2.24, 2.45) is 5.92 Å². The van der Waals surface area contributed by atoms with Crippen LogP contribution in [0, 0.1) is 5.92 Å². The second kappa shape index (κ2) is 9.66. The summed E-state index contributed by atoms with van der Waals surface area (Å²) in [5, 5.41) is 0. The molecule has 116 valence electrons. The third-order valence-corrected chi connectivity index (χ3v) is 12.1. The van der Waals surface area contributed by atoms with E-state index in [9.17, 15) is 7.38 Å². The zero-order chi connectivity index (χ0) is 14.9. The third-order valence-electron chi connectivity index (χ3n) is 3.07. The second-order valence-electron chi connectivity index (χ2n) is 5.79. The Hall–Kier alpha value is 0.771. The fraction of sp³-hybridized carbons (Fsp3) is 1.00. The first-order chi connectivity index (χ1) is 8.81. The van der Waals surface area contributed by atoms with Gasteiger partial charge in [0.15, 0.2) is 0 Å². The van der Waals surface area contributed by atoms with Gasteiger partial charge in [-0.3, -0.25) is 0 Å². The Morgan fingerprint density at radius 2 is 1.37 bits per heavy atom. The Morgan fingerprint density at radius 3 is 1.68 bits per heavy atom. The van der Waals surface area contributed by atoms with Crippen LogP contribution in [-0.2, 0) is 24.5 Å². The number of hydrogen-bond donors (Lipinski definition) is 2. The molecule has 6 heteroatoms. The molecule has 0 aromatic carbocycles. The summed E-state index contributed by atoms with van der Waals surface area (Å²) < 4.78 is 31.4. The van der Waals surface area contributed by atoms with Crippen molar-refractivity contribution in [2.75, 3.05) is 6.61 Å². The van der Waals surface area contributed by atoms with Crippen molar-refractivity contribution in [1.82, 2.24) is 0 Å². The van der Waals surface area contributed by atoms with Crippen LogP contribution in [0.2, 0.25) is 18.1 Å². The third kappa shape index (κ3) is 8.60. The molecule has 0 spiro atoms. The summed E-state index contributed by atoms with van der Waals surface area (Å²) in [6.45, 7) is 10.8. The van der Waals surface area contributed by atoms with Crippen LogP contribution in [0.3, 0.4) is 0 Å². The topological polar surface area (TPSA) is 58.9 Å². The maximum atomic E-state index is 10.1. The molecule has 0 heterocycles. The van der Waals surface area contributed by atoms with Gasteiger partial charge in [0.2, 0.25) is 0 Å². The molecule has 0 aliphatic carbocycles. The van der Waals surface area contributed by atoms with Crippen LogP contribution >= 0.6 is 0 Å². The van der Waals surface area contributed by atoms with E-state index in [1.165, 1.54) is 0 Å². The van der Waals surface area contributed by atoms with Crippen molar-refractivity contribution >= 4 is 8.32 Å². The van der Waals surface area contributed by atoms with Gasteiger partial charge in [-0.2, -0.15) is 0 Å². The molecule has 0 radical (unpaired) electrons. The van der Waals surface area contributed by atoms with Gasteiger partial charge in [0.05, 0.1) is 0 Å². The summed E-state index contributed by atoms with van der Waals surface area (Å²) in [6.07, 6.45) is 3.11. The van der Waals surface area contributed by atoms with Crippen LogP contribution in [0.15, 0.2) is 0 Å². The van der Waals surface area contributed by atoms with E-state index < -0.39 is 26.5 Å². The quantitative estimate of drug-likeness (QED) is 0.568. The van der Waals surface area contributed by atoms with E-state index in [0.717, 1.165) is 37.4 Å². The summed E-state index contributed by atoms with van der Waals surface area (Å²) >= 11 is -4.49. The van der Waals surface area contributed by atoms with E-state index in [0.29, 0.717) is 6.61 Å². The van der Waals surface area contributed by atoms with E-state index >= 15 is 0 Å². The fourth-order valence-corrected chi connectivity index (χ4v) is 12.1. The summed E-state index contributed by atoms with van der Waals surface area (Å²) in [5.41, 5.74) is 0. The van der Waals surface area contributed by atoms with Crippen LogP contribution in [0.25, 0.3) is 0 Å². The van der Waals surface area contributed by atoms with E-state index in [4.69, 9.17) is 6.33 Å². The van der Waals surface area contributed by atoms with Gasteiger partial charge in [-0.15, -0.1) is 0 Å². The van der Waals surface area contributed by atoms with Crippen molar-refractivity contribution < 1.29 is 31.8 Å². The standard InChI is InChI=1S/C9H21OSi.C4H9O.2H2O.Ti/c1-4-7-11(10,8-5-2)9-6-3;1-4(2)3-5;;;/h4-9H2,1-3H3;4H,3H2,1-2H3;2*1H2;/q2*-1;;;+4/p-2. The zero-order valence-corrected chi connectivity index (χ0v) is 15.8. The maximum absolute atomic E-state index is 10.1.